The molecule has 0 radical (unpaired) electrons. The predicted octanol–water partition coefficient (Wildman–Crippen LogP) is 5.26. The van der Waals surface area contributed by atoms with E-state index in [4.69, 9.17) is 15.0 Å². The average molecular weight is 443 g/mol. The molecule has 0 aromatic heterocycles. The molecule has 0 aliphatic carbocycles. The second kappa shape index (κ2) is 13.4. The van der Waals surface area contributed by atoms with Crippen molar-refractivity contribution in [2.24, 2.45) is 0 Å². The van der Waals surface area contributed by atoms with E-state index in [0.29, 0.717) is 6.54 Å². The number of anilines is 2. The summed E-state index contributed by atoms with van der Waals surface area (Å²) < 4.78 is 0.868. The van der Waals surface area contributed by atoms with Gasteiger partial charge in [0.2, 0.25) is 0 Å². The van der Waals surface area contributed by atoms with Crippen molar-refractivity contribution in [2.45, 2.75) is 45.6 Å². The molecule has 7 heteroatoms. The maximum Gasteiger partial charge on any atom is 0.503 e. The molecule has 2 aromatic carbocycles. The number of nitrogens with one attached hydrogen (secondary N) is 2. The van der Waals surface area contributed by atoms with Crippen molar-refractivity contribution >= 4 is 23.4 Å². The van der Waals surface area contributed by atoms with E-state index in [-0.39, 0.29) is 5.91 Å². The van der Waals surface area contributed by atoms with E-state index in [1.54, 1.807) is 0 Å². The van der Waals surface area contributed by atoms with Crippen LogP contribution in [0.2, 0.25) is 0 Å². The molecule has 2 aromatic rings. The second-order valence-electron chi connectivity index (χ2n) is 8.34. The van der Waals surface area contributed by atoms with Crippen LogP contribution >= 0.6 is 0 Å². The zero-order valence-corrected chi connectivity index (χ0v) is 18.9. The molecule has 1 fully saturated rings. The van der Waals surface area contributed by atoms with Gasteiger partial charge < -0.3 is 25.3 Å². The monoisotopic (exact) mass is 442 g/mol. The van der Waals surface area contributed by atoms with Crippen molar-refractivity contribution in [2.75, 3.05) is 36.8 Å². The first kappa shape index (κ1) is 25.2. The van der Waals surface area contributed by atoms with Crippen LogP contribution in [0.5, 0.6) is 0 Å². The van der Waals surface area contributed by atoms with Gasteiger partial charge in [0.15, 0.2) is 6.54 Å². The van der Waals surface area contributed by atoms with Crippen LogP contribution in [0.4, 0.5) is 16.2 Å². The molecule has 1 saturated heterocycles. The fourth-order valence-electron chi connectivity index (χ4n) is 4.11. The van der Waals surface area contributed by atoms with Crippen LogP contribution in [0.15, 0.2) is 54.6 Å². The molecule has 1 aliphatic heterocycles. The van der Waals surface area contributed by atoms with Crippen molar-refractivity contribution < 1.29 is 24.3 Å². The first-order valence-electron chi connectivity index (χ1n) is 11.4. The Bertz CT molecular complexity index is 815. The maximum atomic E-state index is 12.8. The SMILES string of the molecule is CCCCNc1ccc(NC(=O)C[N+]2(Cc3ccccc3)CCCCC2)cc1.O=C(O)O. The molecule has 32 heavy (non-hydrogen) atoms. The first-order valence-corrected chi connectivity index (χ1v) is 11.4. The lowest BCUT2D eigenvalue weighted by molar-refractivity contribution is -0.937. The summed E-state index contributed by atoms with van der Waals surface area (Å²) in [4.78, 5) is 21.4. The number of unbranched alkanes of at least 4 members (excludes halogenated alkanes) is 1. The fraction of sp³-hybridized carbons (Fsp3) is 0.440. The lowest BCUT2D eigenvalue weighted by Crippen LogP contribution is -2.54. The summed E-state index contributed by atoms with van der Waals surface area (Å²) in [6.45, 7) is 6.84. The Morgan fingerprint density at radius 3 is 2.09 bits per heavy atom. The van der Waals surface area contributed by atoms with Crippen LogP contribution < -0.4 is 10.6 Å². The molecule has 0 bridgehead atoms. The first-order chi connectivity index (χ1) is 15.4. The van der Waals surface area contributed by atoms with E-state index >= 15 is 0 Å². The van der Waals surface area contributed by atoms with Gasteiger partial charge in [-0.25, -0.2) is 4.79 Å². The molecule has 1 amide bonds. The highest BCUT2D eigenvalue weighted by Crippen LogP contribution is 2.23. The summed E-state index contributed by atoms with van der Waals surface area (Å²) in [5.41, 5.74) is 3.30. The molecule has 3 rings (SSSR count). The summed E-state index contributed by atoms with van der Waals surface area (Å²) in [5.74, 6) is 0.115. The maximum absolute atomic E-state index is 12.8. The molecule has 0 saturated carbocycles. The minimum absolute atomic E-state index is 0.115. The van der Waals surface area contributed by atoms with E-state index in [1.165, 1.54) is 37.7 Å². The van der Waals surface area contributed by atoms with Gasteiger partial charge in [-0.3, -0.25) is 4.79 Å². The Kier molecular flexibility index (Phi) is 10.5. The van der Waals surface area contributed by atoms with Gasteiger partial charge >= 0.3 is 6.16 Å². The highest BCUT2D eigenvalue weighted by atomic mass is 16.6. The zero-order chi connectivity index (χ0) is 23.2. The number of benzene rings is 2. The Labute approximate surface area is 190 Å². The van der Waals surface area contributed by atoms with E-state index in [9.17, 15) is 4.79 Å². The molecule has 0 unspecified atom stereocenters. The van der Waals surface area contributed by atoms with Crippen LogP contribution in [0.3, 0.4) is 0 Å². The highest BCUT2D eigenvalue weighted by molar-refractivity contribution is 5.91. The normalized spacial score (nSPS) is 14.5. The van der Waals surface area contributed by atoms with Crippen molar-refractivity contribution in [1.82, 2.24) is 0 Å². The molecule has 0 spiro atoms. The minimum atomic E-state index is -1.83. The van der Waals surface area contributed by atoms with Crippen LogP contribution in [0.1, 0.15) is 44.6 Å². The number of carbonyl (C=O) groups is 2. The van der Waals surface area contributed by atoms with Crippen molar-refractivity contribution in [3.63, 3.8) is 0 Å². The van der Waals surface area contributed by atoms with Crippen molar-refractivity contribution in [3.05, 3.63) is 60.2 Å². The van der Waals surface area contributed by atoms with Crippen LogP contribution in [0.25, 0.3) is 0 Å². The smallest absolute Gasteiger partial charge is 0.450 e. The van der Waals surface area contributed by atoms with Crippen LogP contribution in [-0.4, -0.2) is 52.9 Å². The third-order valence-corrected chi connectivity index (χ3v) is 5.63. The predicted molar refractivity (Wildman–Crippen MR) is 128 cm³/mol. The minimum Gasteiger partial charge on any atom is -0.450 e. The molecule has 0 atom stereocenters. The summed E-state index contributed by atoms with van der Waals surface area (Å²) in [5, 5.41) is 20.5. The molecule has 174 valence electrons. The van der Waals surface area contributed by atoms with E-state index in [0.717, 1.165) is 42.0 Å². The zero-order valence-electron chi connectivity index (χ0n) is 18.9. The molecule has 1 aliphatic rings. The lowest BCUT2D eigenvalue weighted by atomic mass is 10.0. The number of nitrogens with zero attached hydrogens (tertiary/aromatic N) is 1. The Hall–Kier alpha value is -3.06. The van der Waals surface area contributed by atoms with Gasteiger partial charge in [-0.2, -0.15) is 0 Å². The summed E-state index contributed by atoms with van der Waals surface area (Å²) in [6.07, 6.45) is 4.21. The van der Waals surface area contributed by atoms with Crippen molar-refractivity contribution in [1.29, 1.82) is 0 Å². The molecular weight excluding hydrogens is 406 g/mol. The third-order valence-electron chi connectivity index (χ3n) is 5.63. The number of rotatable bonds is 9. The average Bonchev–Trinajstić information content (AvgIpc) is 2.76. The summed E-state index contributed by atoms with van der Waals surface area (Å²) in [7, 11) is 0. The molecule has 4 N–H and O–H groups in total. The van der Waals surface area contributed by atoms with Gasteiger partial charge in [0.1, 0.15) is 6.54 Å². The Morgan fingerprint density at radius 2 is 1.50 bits per heavy atom. The summed E-state index contributed by atoms with van der Waals surface area (Å²) >= 11 is 0. The van der Waals surface area contributed by atoms with E-state index in [1.807, 2.05) is 24.3 Å². The van der Waals surface area contributed by atoms with Gasteiger partial charge in [0.05, 0.1) is 13.1 Å². The topological polar surface area (TPSA) is 98.7 Å². The van der Waals surface area contributed by atoms with Crippen LogP contribution in [-0.2, 0) is 11.3 Å². The number of amides is 1. The Balaban J connectivity index is 0.000000837. The second-order valence-corrected chi connectivity index (χ2v) is 8.34. The number of hydrogen-bond acceptors (Lipinski definition) is 3. The number of likely N-dealkylation sites (tertiary alicyclic amines) is 1. The lowest BCUT2D eigenvalue weighted by Gasteiger charge is -2.41. The van der Waals surface area contributed by atoms with Gasteiger partial charge in [0, 0.05) is 23.5 Å². The third kappa shape index (κ3) is 9.39. The van der Waals surface area contributed by atoms with Crippen LogP contribution in [0, 0.1) is 0 Å². The number of quaternary nitrogens is 1. The van der Waals surface area contributed by atoms with Gasteiger partial charge in [0.25, 0.3) is 5.91 Å². The Morgan fingerprint density at radius 1 is 0.906 bits per heavy atom. The highest BCUT2D eigenvalue weighted by Gasteiger charge is 2.32. The van der Waals surface area contributed by atoms with Crippen molar-refractivity contribution in [3.8, 4) is 0 Å². The quantitative estimate of drug-likeness (QED) is 0.314. The standard InChI is InChI=1S/C24H33N3O.CH2O3/c1-2-3-16-25-22-12-14-23(15-13-22)26-24(28)20-27(17-8-5-9-18-27)19-21-10-6-4-7-11-21;2-1(3)4/h4,6-7,10-15,25H,2-3,5,8-9,16-20H2,1H3;(H2,2,3,4)/p+1. The van der Waals surface area contributed by atoms with E-state index < -0.39 is 6.16 Å². The van der Waals surface area contributed by atoms with E-state index in [2.05, 4.69) is 47.9 Å². The van der Waals surface area contributed by atoms with Gasteiger partial charge in [-0.05, 0) is 49.9 Å². The fourth-order valence-corrected chi connectivity index (χ4v) is 4.11. The molecule has 1 heterocycles. The number of hydrogen-bond donors (Lipinski definition) is 4. The molecular formula is C25H36N3O4+. The largest absolute Gasteiger partial charge is 0.503 e. The number of piperidine rings is 1. The van der Waals surface area contributed by atoms with Gasteiger partial charge in [-0.15, -0.1) is 0 Å². The molecule has 7 nitrogen and oxygen atoms in total. The number of carboxylic acid groups (broad SMARTS) is 2. The number of carbonyl (C=O) groups excluding carboxylic acids is 1. The van der Waals surface area contributed by atoms with Gasteiger partial charge in [-0.1, -0.05) is 43.7 Å². The summed E-state index contributed by atoms with van der Waals surface area (Å²) in [6, 6.07) is 18.7.